The van der Waals surface area contributed by atoms with Crippen LogP contribution >= 0.6 is 0 Å². The molecule has 5 heteroatoms. The molecule has 1 saturated heterocycles. The van der Waals surface area contributed by atoms with Crippen molar-refractivity contribution in [2.24, 2.45) is 0 Å². The van der Waals surface area contributed by atoms with E-state index in [-0.39, 0.29) is 11.5 Å². The van der Waals surface area contributed by atoms with Crippen molar-refractivity contribution < 1.29 is 20.1 Å². The molecule has 1 heterocycles. The van der Waals surface area contributed by atoms with Gasteiger partial charge in [0.25, 0.3) is 0 Å². The first-order valence-electron chi connectivity index (χ1n) is 6.21. The van der Waals surface area contributed by atoms with E-state index in [0.717, 1.165) is 39.3 Å². The number of aryl methyl sites for hydroxylation is 1. The molecule has 2 rings (SSSR count). The Balaban J connectivity index is 1.84. The van der Waals surface area contributed by atoms with Crippen molar-refractivity contribution in [3.05, 3.63) is 17.7 Å². The SMILES string of the molecule is Oc1ccc(CCCN2CCOCC2)c(O)c1O. The van der Waals surface area contributed by atoms with E-state index in [1.54, 1.807) is 6.07 Å². The van der Waals surface area contributed by atoms with Gasteiger partial charge in [-0.25, -0.2) is 0 Å². The van der Waals surface area contributed by atoms with Gasteiger partial charge in [0.2, 0.25) is 5.75 Å². The maximum atomic E-state index is 9.67. The first kappa shape index (κ1) is 13.0. The van der Waals surface area contributed by atoms with Crippen LogP contribution < -0.4 is 0 Å². The van der Waals surface area contributed by atoms with Crippen LogP contribution in [0.25, 0.3) is 0 Å². The molecule has 0 radical (unpaired) electrons. The predicted octanol–water partition coefficient (Wildman–Crippen LogP) is 1.07. The Bertz CT molecular complexity index is 402. The monoisotopic (exact) mass is 253 g/mol. The molecule has 100 valence electrons. The summed E-state index contributed by atoms with van der Waals surface area (Å²) in [5, 5.41) is 28.3. The standard InChI is InChI=1S/C13H19NO4/c15-11-4-3-10(12(16)13(11)17)2-1-5-14-6-8-18-9-7-14/h3-4,15-17H,1-2,5-9H2. The van der Waals surface area contributed by atoms with Crippen molar-refractivity contribution >= 4 is 0 Å². The van der Waals surface area contributed by atoms with Gasteiger partial charge in [-0.1, -0.05) is 6.07 Å². The van der Waals surface area contributed by atoms with Crippen LogP contribution in [0.15, 0.2) is 12.1 Å². The molecule has 1 fully saturated rings. The van der Waals surface area contributed by atoms with Crippen molar-refractivity contribution in [1.82, 2.24) is 4.90 Å². The number of benzene rings is 1. The molecule has 0 aromatic heterocycles. The molecule has 0 bridgehead atoms. The summed E-state index contributed by atoms with van der Waals surface area (Å²) in [6.07, 6.45) is 1.58. The van der Waals surface area contributed by atoms with E-state index in [2.05, 4.69) is 4.90 Å². The number of hydrogen-bond acceptors (Lipinski definition) is 5. The number of phenolic OH excluding ortho intramolecular Hbond substituents is 3. The van der Waals surface area contributed by atoms with E-state index in [1.165, 1.54) is 6.07 Å². The van der Waals surface area contributed by atoms with Gasteiger partial charge in [0, 0.05) is 13.1 Å². The second-order valence-electron chi connectivity index (χ2n) is 4.50. The largest absolute Gasteiger partial charge is 0.504 e. The normalized spacial score (nSPS) is 16.9. The molecule has 1 aliphatic rings. The highest BCUT2D eigenvalue weighted by Gasteiger charge is 2.12. The summed E-state index contributed by atoms with van der Waals surface area (Å²) in [6.45, 7) is 4.42. The van der Waals surface area contributed by atoms with Crippen molar-refractivity contribution in [3.8, 4) is 17.2 Å². The van der Waals surface area contributed by atoms with Crippen LogP contribution in [-0.4, -0.2) is 53.1 Å². The van der Waals surface area contributed by atoms with Crippen molar-refractivity contribution in [1.29, 1.82) is 0 Å². The molecule has 3 N–H and O–H groups in total. The molecule has 1 aliphatic heterocycles. The highest BCUT2D eigenvalue weighted by atomic mass is 16.5. The quantitative estimate of drug-likeness (QED) is 0.700. The lowest BCUT2D eigenvalue weighted by atomic mass is 10.1. The summed E-state index contributed by atoms with van der Waals surface area (Å²) in [7, 11) is 0. The fraction of sp³-hybridized carbons (Fsp3) is 0.538. The highest BCUT2D eigenvalue weighted by Crippen LogP contribution is 2.37. The van der Waals surface area contributed by atoms with Gasteiger partial charge in [-0.2, -0.15) is 0 Å². The van der Waals surface area contributed by atoms with E-state index in [9.17, 15) is 15.3 Å². The lowest BCUT2D eigenvalue weighted by molar-refractivity contribution is 0.0374. The lowest BCUT2D eigenvalue weighted by Gasteiger charge is -2.26. The fourth-order valence-electron chi connectivity index (χ4n) is 2.13. The van der Waals surface area contributed by atoms with E-state index in [4.69, 9.17) is 4.74 Å². The van der Waals surface area contributed by atoms with Crippen LogP contribution in [0.3, 0.4) is 0 Å². The number of nitrogens with zero attached hydrogens (tertiary/aromatic N) is 1. The zero-order valence-corrected chi connectivity index (χ0v) is 10.3. The van der Waals surface area contributed by atoms with Gasteiger partial charge in [-0.3, -0.25) is 4.90 Å². The van der Waals surface area contributed by atoms with Crippen molar-refractivity contribution in [2.75, 3.05) is 32.8 Å². The Morgan fingerprint density at radius 1 is 1.06 bits per heavy atom. The van der Waals surface area contributed by atoms with Crippen LogP contribution in [-0.2, 0) is 11.2 Å². The first-order valence-corrected chi connectivity index (χ1v) is 6.21. The fourth-order valence-corrected chi connectivity index (χ4v) is 2.13. The summed E-state index contributed by atoms with van der Waals surface area (Å²) in [5.74, 6) is -0.930. The van der Waals surface area contributed by atoms with Crippen molar-refractivity contribution in [2.45, 2.75) is 12.8 Å². The number of hydrogen-bond donors (Lipinski definition) is 3. The molecule has 18 heavy (non-hydrogen) atoms. The van der Waals surface area contributed by atoms with Gasteiger partial charge in [-0.05, 0) is 31.0 Å². The molecular formula is C13H19NO4. The molecule has 0 saturated carbocycles. The molecule has 1 aromatic rings. The Kier molecular flexibility index (Phi) is 4.28. The maximum Gasteiger partial charge on any atom is 0.200 e. The number of aromatic hydroxyl groups is 3. The third kappa shape index (κ3) is 3.05. The van der Waals surface area contributed by atoms with Crippen LogP contribution in [0.4, 0.5) is 0 Å². The summed E-state index contributed by atoms with van der Waals surface area (Å²) >= 11 is 0. The minimum atomic E-state index is -0.432. The average Bonchev–Trinajstić information content (AvgIpc) is 2.40. The highest BCUT2D eigenvalue weighted by molar-refractivity contribution is 5.53. The van der Waals surface area contributed by atoms with Gasteiger partial charge in [0.15, 0.2) is 11.5 Å². The van der Waals surface area contributed by atoms with E-state index < -0.39 is 5.75 Å². The van der Waals surface area contributed by atoms with Gasteiger partial charge in [0.1, 0.15) is 0 Å². The van der Waals surface area contributed by atoms with Gasteiger partial charge in [0.05, 0.1) is 13.2 Å². The summed E-state index contributed by atoms with van der Waals surface area (Å²) in [4.78, 5) is 2.32. The number of rotatable bonds is 4. The van der Waals surface area contributed by atoms with Gasteiger partial charge in [-0.15, -0.1) is 0 Å². The molecule has 1 aromatic carbocycles. The zero-order chi connectivity index (χ0) is 13.0. The minimum Gasteiger partial charge on any atom is -0.504 e. The van der Waals surface area contributed by atoms with Gasteiger partial charge < -0.3 is 20.1 Å². The second kappa shape index (κ2) is 5.93. The third-order valence-electron chi connectivity index (χ3n) is 3.24. The third-order valence-corrected chi connectivity index (χ3v) is 3.24. The summed E-state index contributed by atoms with van der Waals surface area (Å²) < 4.78 is 5.27. The molecular weight excluding hydrogens is 234 g/mol. The zero-order valence-electron chi connectivity index (χ0n) is 10.3. The van der Waals surface area contributed by atoms with E-state index in [0.29, 0.717) is 12.0 Å². The molecule has 0 unspecified atom stereocenters. The smallest absolute Gasteiger partial charge is 0.200 e. The van der Waals surface area contributed by atoms with Crippen LogP contribution in [0.1, 0.15) is 12.0 Å². The van der Waals surface area contributed by atoms with Crippen LogP contribution in [0.2, 0.25) is 0 Å². The summed E-state index contributed by atoms with van der Waals surface area (Å²) in [5.41, 5.74) is 0.665. The number of phenols is 3. The molecule has 0 amide bonds. The minimum absolute atomic E-state index is 0.211. The first-order chi connectivity index (χ1) is 8.68. The molecule has 0 spiro atoms. The Morgan fingerprint density at radius 3 is 2.50 bits per heavy atom. The van der Waals surface area contributed by atoms with Crippen molar-refractivity contribution in [3.63, 3.8) is 0 Å². The molecule has 5 nitrogen and oxygen atoms in total. The van der Waals surface area contributed by atoms with E-state index in [1.807, 2.05) is 0 Å². The number of ether oxygens (including phenoxy) is 1. The molecule has 0 aliphatic carbocycles. The number of morpholine rings is 1. The van der Waals surface area contributed by atoms with Gasteiger partial charge >= 0.3 is 0 Å². The predicted molar refractivity (Wildman–Crippen MR) is 67.0 cm³/mol. The average molecular weight is 253 g/mol. The summed E-state index contributed by atoms with van der Waals surface area (Å²) in [6, 6.07) is 3.04. The van der Waals surface area contributed by atoms with Crippen LogP contribution in [0, 0.1) is 0 Å². The molecule has 0 atom stereocenters. The Hall–Kier alpha value is -1.46. The van der Waals surface area contributed by atoms with Crippen LogP contribution in [0.5, 0.6) is 17.2 Å². The topological polar surface area (TPSA) is 73.2 Å². The lowest BCUT2D eigenvalue weighted by Crippen LogP contribution is -2.36. The second-order valence-corrected chi connectivity index (χ2v) is 4.50. The Labute approximate surface area is 106 Å². The maximum absolute atomic E-state index is 9.67. The Morgan fingerprint density at radius 2 is 1.78 bits per heavy atom. The van der Waals surface area contributed by atoms with E-state index >= 15 is 0 Å².